The van der Waals surface area contributed by atoms with Gasteiger partial charge < -0.3 is 29.4 Å². The summed E-state index contributed by atoms with van der Waals surface area (Å²) in [5.41, 5.74) is 6.55. The first-order valence-electron chi connectivity index (χ1n) is 18.2. The van der Waals surface area contributed by atoms with Gasteiger partial charge in [0.25, 0.3) is 0 Å². The number of rotatable bonds is 14. The lowest BCUT2D eigenvalue weighted by molar-refractivity contribution is 0.181. The molecule has 2 aromatic heterocycles. The zero-order valence-electron chi connectivity index (χ0n) is 31.4. The molecule has 0 unspecified atom stereocenters. The van der Waals surface area contributed by atoms with E-state index in [-0.39, 0.29) is 22.5 Å². The van der Waals surface area contributed by atoms with E-state index in [4.69, 9.17) is 8.84 Å². The molecule has 1 atom stereocenters. The van der Waals surface area contributed by atoms with E-state index in [1.165, 1.54) is 6.07 Å². The molecule has 6 aromatic rings. The number of unbranched alkanes of at least 4 members (excludes halogenated alkanes) is 1. The molecular formula is C42H48N4O7Si. The summed E-state index contributed by atoms with van der Waals surface area (Å²) in [7, 11) is -2.24. The summed E-state index contributed by atoms with van der Waals surface area (Å²) in [4.78, 5) is 39.2. The van der Waals surface area contributed by atoms with Gasteiger partial charge in [0.1, 0.15) is 5.75 Å². The normalized spacial score (nSPS) is 12.7. The predicted molar refractivity (Wildman–Crippen MR) is 216 cm³/mol. The Hall–Kier alpha value is -5.43. The number of aryl methyl sites for hydroxylation is 2. The van der Waals surface area contributed by atoms with Crippen LogP contribution in [0.2, 0.25) is 18.1 Å². The van der Waals surface area contributed by atoms with Crippen molar-refractivity contribution in [2.24, 2.45) is 0 Å². The largest absolute Gasteiger partial charge is 0.506 e. The lowest BCUT2D eigenvalue weighted by Crippen LogP contribution is -2.43. The van der Waals surface area contributed by atoms with Crippen molar-refractivity contribution < 1.29 is 23.9 Å². The van der Waals surface area contributed by atoms with Crippen molar-refractivity contribution in [3.8, 4) is 16.9 Å². The van der Waals surface area contributed by atoms with E-state index in [2.05, 4.69) is 49.5 Å². The van der Waals surface area contributed by atoms with Crippen molar-refractivity contribution in [3.63, 3.8) is 0 Å². The van der Waals surface area contributed by atoms with E-state index in [1.54, 1.807) is 22.8 Å². The van der Waals surface area contributed by atoms with Gasteiger partial charge in [0, 0.05) is 36.7 Å². The van der Waals surface area contributed by atoms with Crippen LogP contribution in [0.3, 0.4) is 0 Å². The Morgan fingerprint density at radius 3 is 2.44 bits per heavy atom. The lowest BCUT2D eigenvalue weighted by Gasteiger charge is -2.39. The van der Waals surface area contributed by atoms with Gasteiger partial charge in [-0.1, -0.05) is 69.3 Å². The number of carboxylic acid groups (broad SMARTS) is 1. The molecule has 4 aromatic carbocycles. The number of hydrogen-bond donors (Lipinski definition) is 5. The van der Waals surface area contributed by atoms with Gasteiger partial charge in [-0.15, -0.1) is 0 Å². The number of oxazole rings is 1. The fourth-order valence-corrected chi connectivity index (χ4v) is 7.77. The first kappa shape index (κ1) is 38.3. The number of aromatic amines is 1. The first-order valence-corrected chi connectivity index (χ1v) is 21.1. The number of aromatic nitrogens is 2. The molecule has 5 N–H and O–H groups in total. The molecule has 0 saturated carbocycles. The number of phenols is 1. The fraction of sp³-hybridized carbons (Fsp3) is 0.310. The van der Waals surface area contributed by atoms with Crippen LogP contribution in [0.4, 0.5) is 10.5 Å². The molecule has 6 rings (SSSR count). The summed E-state index contributed by atoms with van der Waals surface area (Å²) in [5.74, 6) is -0.391. The standard InChI is InChI=1S/C42H48N4O7Si/c1-42(2,3)54(4,5)53-37(30-16-20-35(47)39-31(30)17-21-38(48)45-39)26-43-25-28-15-19-34-36(24-28)52-41(51)46(34)22-10-9-11-27-14-18-33(44-40(49)50)32(23-27)29-12-7-6-8-13-29/h6-8,12-21,23-24,37,43-44,47H,9-11,22,25-26H2,1-5H3,(H,45,48)(H,49,50)/t37-/m0/s1. The van der Waals surface area contributed by atoms with Crippen LogP contribution in [0.5, 0.6) is 5.75 Å². The fourth-order valence-electron chi connectivity index (χ4n) is 6.49. The number of aromatic hydroxyl groups is 1. The number of anilines is 1. The first-order chi connectivity index (χ1) is 25.7. The zero-order chi connectivity index (χ0) is 38.6. The van der Waals surface area contributed by atoms with Crippen LogP contribution in [0, 0.1) is 0 Å². The smallest absolute Gasteiger partial charge is 0.419 e. The number of H-pyrrole nitrogens is 1. The molecule has 54 heavy (non-hydrogen) atoms. The van der Waals surface area contributed by atoms with Gasteiger partial charge in [-0.25, -0.2) is 9.59 Å². The maximum Gasteiger partial charge on any atom is 0.419 e. The summed E-state index contributed by atoms with van der Waals surface area (Å²) >= 11 is 0. The molecule has 11 nitrogen and oxygen atoms in total. The third kappa shape index (κ3) is 8.68. The minimum atomic E-state index is -2.24. The minimum absolute atomic E-state index is 0.00618. The summed E-state index contributed by atoms with van der Waals surface area (Å²) in [6, 6.07) is 27.9. The number of pyridine rings is 1. The highest BCUT2D eigenvalue weighted by atomic mass is 28.4. The Bertz CT molecular complexity index is 2390. The molecule has 0 fully saturated rings. The molecule has 0 bridgehead atoms. The Morgan fingerprint density at radius 2 is 1.70 bits per heavy atom. The number of nitrogens with zero attached hydrogens (tertiary/aromatic N) is 1. The van der Waals surface area contributed by atoms with E-state index < -0.39 is 20.2 Å². The number of fused-ring (bicyclic) bond motifs is 2. The molecule has 2 heterocycles. The summed E-state index contributed by atoms with van der Waals surface area (Å²) in [6.45, 7) is 12.4. The van der Waals surface area contributed by atoms with Gasteiger partial charge >= 0.3 is 11.8 Å². The van der Waals surface area contributed by atoms with Crippen molar-refractivity contribution >= 4 is 42.1 Å². The number of phenolic OH excluding ortho intramolecular Hbond substituents is 1. The lowest BCUT2D eigenvalue weighted by atomic mass is 9.98. The third-order valence-electron chi connectivity index (χ3n) is 10.4. The van der Waals surface area contributed by atoms with E-state index >= 15 is 0 Å². The Labute approximate surface area is 314 Å². The maximum absolute atomic E-state index is 12.9. The average Bonchev–Trinajstić information content (AvgIpc) is 3.43. The zero-order valence-corrected chi connectivity index (χ0v) is 32.4. The van der Waals surface area contributed by atoms with Gasteiger partial charge in [-0.05, 0) is 96.0 Å². The molecule has 0 radical (unpaired) electrons. The minimum Gasteiger partial charge on any atom is -0.506 e. The van der Waals surface area contributed by atoms with Crippen molar-refractivity contribution in [1.82, 2.24) is 14.9 Å². The van der Waals surface area contributed by atoms with Crippen LogP contribution in [-0.4, -0.2) is 40.7 Å². The van der Waals surface area contributed by atoms with Gasteiger partial charge in [0.15, 0.2) is 13.9 Å². The van der Waals surface area contributed by atoms with Crippen LogP contribution in [0.1, 0.15) is 56.4 Å². The molecule has 1 amide bonds. The second-order valence-electron chi connectivity index (χ2n) is 15.2. The van der Waals surface area contributed by atoms with Crippen molar-refractivity contribution in [2.45, 2.75) is 77.4 Å². The van der Waals surface area contributed by atoms with Crippen LogP contribution in [0.15, 0.2) is 105 Å². The number of benzene rings is 4. The van der Waals surface area contributed by atoms with Gasteiger partial charge in [-0.3, -0.25) is 14.7 Å². The van der Waals surface area contributed by atoms with E-state index in [0.29, 0.717) is 36.4 Å². The number of nitrogens with one attached hydrogen (secondary N) is 3. The van der Waals surface area contributed by atoms with Crippen LogP contribution < -0.4 is 21.9 Å². The Kier molecular flexibility index (Phi) is 11.3. The summed E-state index contributed by atoms with van der Waals surface area (Å²) in [5, 5.41) is 26.5. The average molecular weight is 749 g/mol. The monoisotopic (exact) mass is 748 g/mol. The predicted octanol–water partition coefficient (Wildman–Crippen LogP) is 8.77. The van der Waals surface area contributed by atoms with Gasteiger partial charge in [0.05, 0.1) is 22.8 Å². The molecule has 0 saturated heterocycles. The van der Waals surface area contributed by atoms with Gasteiger partial charge in [-0.2, -0.15) is 0 Å². The summed E-state index contributed by atoms with van der Waals surface area (Å²) in [6.07, 6.45) is 0.883. The Morgan fingerprint density at radius 1 is 0.944 bits per heavy atom. The number of hydrogen-bond acceptors (Lipinski definition) is 7. The molecule has 282 valence electrons. The summed E-state index contributed by atoms with van der Waals surface area (Å²) < 4.78 is 14.3. The number of amides is 1. The van der Waals surface area contributed by atoms with E-state index in [9.17, 15) is 24.6 Å². The second-order valence-corrected chi connectivity index (χ2v) is 20.0. The topological polar surface area (TPSA) is 159 Å². The van der Waals surface area contributed by atoms with Crippen molar-refractivity contribution in [1.29, 1.82) is 0 Å². The molecule has 0 aliphatic carbocycles. The van der Waals surface area contributed by atoms with E-state index in [1.807, 2.05) is 66.7 Å². The Balaban J connectivity index is 1.12. The van der Waals surface area contributed by atoms with Crippen molar-refractivity contribution in [3.05, 3.63) is 129 Å². The van der Waals surface area contributed by atoms with Crippen LogP contribution >= 0.6 is 0 Å². The molecular weight excluding hydrogens is 701 g/mol. The van der Waals surface area contributed by atoms with Gasteiger partial charge in [0.2, 0.25) is 5.56 Å². The molecule has 0 spiro atoms. The number of carbonyl (C=O) groups is 1. The molecule has 12 heteroatoms. The van der Waals surface area contributed by atoms with Crippen LogP contribution in [-0.2, 0) is 23.9 Å². The third-order valence-corrected chi connectivity index (χ3v) is 14.9. The quantitative estimate of drug-likeness (QED) is 0.0546. The maximum atomic E-state index is 12.9. The van der Waals surface area contributed by atoms with E-state index in [0.717, 1.165) is 58.0 Å². The van der Waals surface area contributed by atoms with Crippen molar-refractivity contribution in [2.75, 3.05) is 11.9 Å². The SMILES string of the molecule is CC(C)(C)[Si](C)(C)O[C@@H](CNCc1ccc2c(c1)oc(=O)n2CCCCc1ccc(NC(=O)O)c(-c2ccccc2)c1)c1ccc(O)c2[nH]c(=O)ccc12. The highest BCUT2D eigenvalue weighted by Gasteiger charge is 2.39. The van der Waals surface area contributed by atoms with Crippen LogP contribution in [0.25, 0.3) is 33.1 Å². The second kappa shape index (κ2) is 15.9. The highest BCUT2D eigenvalue weighted by molar-refractivity contribution is 6.74. The highest BCUT2D eigenvalue weighted by Crippen LogP contribution is 2.41. The molecule has 0 aliphatic rings. The molecule has 0 aliphatic heterocycles.